The molecule has 0 fully saturated rings. The zero-order valence-corrected chi connectivity index (χ0v) is 13.7. The number of aromatic nitrogens is 1. The highest BCUT2D eigenvalue weighted by atomic mass is 16.2. The lowest BCUT2D eigenvalue weighted by Gasteiger charge is -2.08. The number of likely N-dealkylation sites (N-methyl/N-ethyl adjacent to an activating group) is 1. The number of hydrogen-bond acceptors (Lipinski definition) is 3. The smallest absolute Gasteiger partial charge is 0.277 e. The Labute approximate surface area is 145 Å². The molecule has 25 heavy (non-hydrogen) atoms. The summed E-state index contributed by atoms with van der Waals surface area (Å²) in [5.41, 5.74) is 3.49. The molecule has 3 aromatic rings. The molecule has 1 aliphatic heterocycles. The van der Waals surface area contributed by atoms with Gasteiger partial charge in [-0.15, -0.1) is 0 Å². The van der Waals surface area contributed by atoms with E-state index in [1.54, 1.807) is 6.20 Å². The lowest BCUT2D eigenvalue weighted by atomic mass is 10.0. The number of nitrogens with one attached hydrogen (secondary N) is 2. The molecule has 124 valence electrons. The number of amides is 2. The summed E-state index contributed by atoms with van der Waals surface area (Å²) in [6.07, 6.45) is 1.79. The SMILES string of the molecule is CN1C(=O)C(NCc2ccccc2)=C(c2c[nH]c3ccccc23)C1=O. The van der Waals surface area contributed by atoms with Crippen molar-refractivity contribution in [3.05, 3.63) is 77.6 Å². The van der Waals surface area contributed by atoms with Crippen LogP contribution in [0.4, 0.5) is 0 Å². The number of hydrogen-bond donors (Lipinski definition) is 2. The van der Waals surface area contributed by atoms with Gasteiger partial charge in [0.15, 0.2) is 0 Å². The van der Waals surface area contributed by atoms with Crippen molar-refractivity contribution in [2.75, 3.05) is 7.05 Å². The number of H-pyrrole nitrogens is 1. The third-order valence-corrected chi connectivity index (χ3v) is 4.46. The summed E-state index contributed by atoms with van der Waals surface area (Å²) in [7, 11) is 1.51. The van der Waals surface area contributed by atoms with Crippen molar-refractivity contribution in [2.45, 2.75) is 6.54 Å². The van der Waals surface area contributed by atoms with Gasteiger partial charge in [-0.2, -0.15) is 0 Å². The van der Waals surface area contributed by atoms with E-state index >= 15 is 0 Å². The fraction of sp³-hybridized carbons (Fsp3) is 0.100. The van der Waals surface area contributed by atoms with Crippen molar-refractivity contribution in [3.63, 3.8) is 0 Å². The highest BCUT2D eigenvalue weighted by Gasteiger charge is 2.37. The number of imide groups is 1. The molecule has 0 saturated heterocycles. The summed E-state index contributed by atoms with van der Waals surface area (Å²) >= 11 is 0. The van der Waals surface area contributed by atoms with Crippen molar-refractivity contribution in [1.29, 1.82) is 0 Å². The van der Waals surface area contributed by atoms with Crippen LogP contribution in [0.2, 0.25) is 0 Å². The third-order valence-electron chi connectivity index (χ3n) is 4.46. The number of carbonyl (C=O) groups excluding carboxylic acids is 2. The van der Waals surface area contributed by atoms with Crippen LogP contribution in [0.1, 0.15) is 11.1 Å². The average molecular weight is 331 g/mol. The maximum absolute atomic E-state index is 12.7. The number of carbonyl (C=O) groups is 2. The first-order valence-electron chi connectivity index (χ1n) is 8.08. The van der Waals surface area contributed by atoms with Gasteiger partial charge in [-0.1, -0.05) is 48.5 Å². The van der Waals surface area contributed by atoms with Gasteiger partial charge in [-0.25, -0.2) is 0 Å². The molecule has 2 aromatic carbocycles. The minimum absolute atomic E-state index is 0.287. The molecular weight excluding hydrogens is 314 g/mol. The fourth-order valence-electron chi connectivity index (χ4n) is 3.12. The second kappa shape index (κ2) is 5.94. The molecule has 1 aliphatic rings. The quantitative estimate of drug-likeness (QED) is 0.723. The Morgan fingerprint density at radius 2 is 1.68 bits per heavy atom. The Morgan fingerprint density at radius 3 is 2.48 bits per heavy atom. The van der Waals surface area contributed by atoms with E-state index < -0.39 is 0 Å². The Balaban J connectivity index is 1.78. The van der Waals surface area contributed by atoms with E-state index in [1.807, 2.05) is 54.6 Å². The van der Waals surface area contributed by atoms with E-state index in [0.29, 0.717) is 17.8 Å². The predicted molar refractivity (Wildman–Crippen MR) is 96.3 cm³/mol. The third kappa shape index (κ3) is 2.50. The Kier molecular flexibility index (Phi) is 3.61. The summed E-state index contributed by atoms with van der Waals surface area (Å²) in [4.78, 5) is 29.5. The first kappa shape index (κ1) is 15.2. The number of benzene rings is 2. The number of nitrogens with zero attached hydrogens (tertiary/aromatic N) is 1. The van der Waals surface area contributed by atoms with Crippen molar-refractivity contribution in [3.8, 4) is 0 Å². The van der Waals surface area contributed by atoms with Crippen LogP contribution in [-0.2, 0) is 16.1 Å². The monoisotopic (exact) mass is 331 g/mol. The van der Waals surface area contributed by atoms with Crippen molar-refractivity contribution < 1.29 is 9.59 Å². The minimum atomic E-state index is -0.304. The standard InChI is InChI=1S/C20H17N3O2/c1-23-19(24)17(15-12-21-16-10-6-5-9-14(15)16)18(20(23)25)22-11-13-7-3-2-4-8-13/h2-10,12,21-22H,11H2,1H3. The van der Waals surface area contributed by atoms with Crippen LogP contribution < -0.4 is 5.32 Å². The van der Waals surface area contributed by atoms with E-state index in [1.165, 1.54) is 7.05 Å². The van der Waals surface area contributed by atoms with Crippen molar-refractivity contribution >= 4 is 28.3 Å². The number of rotatable bonds is 4. The molecule has 5 heteroatoms. The highest BCUT2D eigenvalue weighted by molar-refractivity contribution is 6.36. The number of fused-ring (bicyclic) bond motifs is 1. The average Bonchev–Trinajstić information content (AvgIpc) is 3.16. The molecular formula is C20H17N3O2. The van der Waals surface area contributed by atoms with E-state index in [9.17, 15) is 9.59 Å². The van der Waals surface area contributed by atoms with E-state index in [2.05, 4.69) is 10.3 Å². The molecule has 0 unspecified atom stereocenters. The molecule has 0 radical (unpaired) electrons. The number of aromatic amines is 1. The molecule has 0 atom stereocenters. The lowest BCUT2D eigenvalue weighted by molar-refractivity contribution is -0.135. The van der Waals surface area contributed by atoms with Crippen molar-refractivity contribution in [2.24, 2.45) is 0 Å². The van der Waals surface area contributed by atoms with Gasteiger partial charge in [0, 0.05) is 36.3 Å². The topological polar surface area (TPSA) is 65.2 Å². The van der Waals surface area contributed by atoms with Crippen LogP contribution in [-0.4, -0.2) is 28.7 Å². The fourth-order valence-corrected chi connectivity index (χ4v) is 3.12. The Hall–Kier alpha value is -3.34. The molecule has 4 rings (SSSR count). The molecule has 2 amide bonds. The van der Waals surface area contributed by atoms with Crippen LogP contribution in [0.3, 0.4) is 0 Å². The van der Waals surface area contributed by atoms with Gasteiger partial charge in [-0.3, -0.25) is 14.5 Å². The molecule has 5 nitrogen and oxygen atoms in total. The van der Waals surface area contributed by atoms with E-state index in [-0.39, 0.29) is 11.8 Å². The number of para-hydroxylation sites is 1. The highest BCUT2D eigenvalue weighted by Crippen LogP contribution is 2.32. The predicted octanol–water partition coefficient (Wildman–Crippen LogP) is 2.67. The first-order valence-corrected chi connectivity index (χ1v) is 8.08. The van der Waals surface area contributed by atoms with E-state index in [4.69, 9.17) is 0 Å². The molecule has 2 heterocycles. The maximum atomic E-state index is 12.7. The summed E-state index contributed by atoms with van der Waals surface area (Å²) in [6.45, 7) is 0.481. The molecule has 1 aromatic heterocycles. The summed E-state index contributed by atoms with van der Waals surface area (Å²) in [5.74, 6) is -0.591. The minimum Gasteiger partial charge on any atom is -0.376 e. The first-order chi connectivity index (χ1) is 12.2. The molecule has 0 bridgehead atoms. The summed E-state index contributed by atoms with van der Waals surface area (Å²) in [5, 5.41) is 4.09. The van der Waals surface area contributed by atoms with Crippen LogP contribution in [0.5, 0.6) is 0 Å². The zero-order valence-electron chi connectivity index (χ0n) is 13.7. The van der Waals surface area contributed by atoms with Crippen LogP contribution in [0, 0.1) is 0 Å². The second-order valence-electron chi connectivity index (χ2n) is 6.01. The lowest BCUT2D eigenvalue weighted by Crippen LogP contribution is -2.29. The largest absolute Gasteiger partial charge is 0.376 e. The molecule has 0 aliphatic carbocycles. The van der Waals surface area contributed by atoms with Crippen LogP contribution in [0.25, 0.3) is 16.5 Å². The van der Waals surface area contributed by atoms with Gasteiger partial charge in [0.25, 0.3) is 11.8 Å². The van der Waals surface area contributed by atoms with Crippen molar-refractivity contribution in [1.82, 2.24) is 15.2 Å². The molecule has 0 spiro atoms. The zero-order chi connectivity index (χ0) is 17.4. The van der Waals surface area contributed by atoms with Gasteiger partial charge in [0.05, 0.1) is 5.57 Å². The summed E-state index contributed by atoms with van der Waals surface area (Å²) < 4.78 is 0. The Morgan fingerprint density at radius 1 is 0.960 bits per heavy atom. The molecule has 2 N–H and O–H groups in total. The van der Waals surface area contributed by atoms with Gasteiger partial charge >= 0.3 is 0 Å². The van der Waals surface area contributed by atoms with E-state index in [0.717, 1.165) is 26.9 Å². The summed E-state index contributed by atoms with van der Waals surface area (Å²) in [6, 6.07) is 17.5. The Bertz CT molecular complexity index is 1000. The second-order valence-corrected chi connectivity index (χ2v) is 6.01. The van der Waals surface area contributed by atoms with Gasteiger partial charge in [0.1, 0.15) is 5.70 Å². The maximum Gasteiger partial charge on any atom is 0.277 e. The van der Waals surface area contributed by atoms with Gasteiger partial charge in [-0.05, 0) is 11.6 Å². The van der Waals surface area contributed by atoms with Gasteiger partial charge in [0.2, 0.25) is 0 Å². The normalized spacial score (nSPS) is 14.7. The molecule has 0 saturated carbocycles. The van der Waals surface area contributed by atoms with Crippen LogP contribution >= 0.6 is 0 Å². The van der Waals surface area contributed by atoms with Gasteiger partial charge < -0.3 is 10.3 Å². The van der Waals surface area contributed by atoms with Crippen LogP contribution in [0.15, 0.2) is 66.5 Å².